The van der Waals surface area contributed by atoms with Gasteiger partial charge in [-0.2, -0.15) is 0 Å². The van der Waals surface area contributed by atoms with Crippen molar-refractivity contribution in [3.63, 3.8) is 0 Å². The van der Waals surface area contributed by atoms with Crippen molar-refractivity contribution in [3.05, 3.63) is 93.0 Å². The van der Waals surface area contributed by atoms with Crippen molar-refractivity contribution in [2.75, 3.05) is 106 Å². The minimum absolute atomic E-state index is 0.0147. The van der Waals surface area contributed by atoms with Crippen LogP contribution in [0.2, 0.25) is 0 Å². The van der Waals surface area contributed by atoms with Crippen LogP contribution < -0.4 is 0 Å². The van der Waals surface area contributed by atoms with E-state index in [1.807, 2.05) is 12.1 Å². The second kappa shape index (κ2) is 20.9. The highest BCUT2D eigenvalue weighted by Gasteiger charge is 2.53. The number of aromatic hydroxyl groups is 2. The van der Waals surface area contributed by atoms with Crippen molar-refractivity contribution < 1.29 is 67.1 Å². The number of rotatable bonds is 2. The third-order valence-corrected chi connectivity index (χ3v) is 9.06. The molecule has 3 aromatic rings. The van der Waals surface area contributed by atoms with E-state index in [1.165, 1.54) is 0 Å². The van der Waals surface area contributed by atoms with E-state index in [0.717, 1.165) is 0 Å². The summed E-state index contributed by atoms with van der Waals surface area (Å²) in [6, 6.07) is 13.7. The first-order valence-electron chi connectivity index (χ1n) is 18.4. The number of hydrogen-bond donors (Lipinski definition) is 2. The summed E-state index contributed by atoms with van der Waals surface area (Å²) in [5.41, 5.74) is 2.66. The second-order valence-corrected chi connectivity index (χ2v) is 12.8. The fourth-order valence-corrected chi connectivity index (χ4v) is 6.86. The summed E-state index contributed by atoms with van der Waals surface area (Å²) < 4.78 is 65.3. The molecule has 3 heterocycles. The summed E-state index contributed by atoms with van der Waals surface area (Å²) in [5, 5.41) is 22.3. The lowest BCUT2D eigenvalue weighted by Crippen LogP contribution is -2.35. The fourth-order valence-electron chi connectivity index (χ4n) is 6.86. The molecular weight excluding hydrogens is 704 g/mol. The average Bonchev–Trinajstić information content (AvgIpc) is 3.45. The summed E-state index contributed by atoms with van der Waals surface area (Å²) in [7, 11) is 0. The number of ether oxygens (including phenoxy) is 11. The van der Waals surface area contributed by atoms with Gasteiger partial charge in [-0.3, -0.25) is 0 Å². The van der Waals surface area contributed by atoms with Gasteiger partial charge in [-0.1, -0.05) is 18.2 Å². The van der Waals surface area contributed by atoms with Gasteiger partial charge in [-0.15, -0.1) is 0 Å². The van der Waals surface area contributed by atoms with Crippen molar-refractivity contribution in [3.8, 4) is 11.5 Å². The maximum absolute atomic E-state index is 14.1. The van der Waals surface area contributed by atoms with E-state index in [9.17, 15) is 15.0 Å². The standard InChI is InChI=1S/C40H50O14/c41-33-21-29-25-50-17-13-46-9-5-44-6-10-47-14-18-51-26-30(22-33)37(29)40(36-4-2-1-3-35(36)39(43)54-40)38-31-23-34(42)24-32(38)28-53-20-16-49-12-8-45-7-11-48-15-19-52-27-31/h1-4,21-24,41-42H,5-20,25-28H2. The topological polar surface area (TPSA) is 159 Å². The minimum atomic E-state index is -1.62. The molecule has 3 aromatic carbocycles. The Labute approximate surface area is 315 Å². The number of phenolic OH excluding ortho intramolecular Hbond substituents is 2. The van der Waals surface area contributed by atoms with Gasteiger partial charge in [-0.25, -0.2) is 4.79 Å². The zero-order valence-electron chi connectivity index (χ0n) is 30.6. The van der Waals surface area contributed by atoms with E-state index < -0.39 is 11.6 Å². The van der Waals surface area contributed by atoms with Crippen molar-refractivity contribution in [2.24, 2.45) is 0 Å². The van der Waals surface area contributed by atoms with E-state index in [1.54, 1.807) is 36.4 Å². The second-order valence-electron chi connectivity index (χ2n) is 12.8. The van der Waals surface area contributed by atoms with Gasteiger partial charge in [0.05, 0.1) is 138 Å². The average molecular weight is 755 g/mol. The molecular formula is C40H50O14. The molecule has 0 fully saturated rings. The lowest BCUT2D eigenvalue weighted by atomic mass is 9.73. The Balaban J connectivity index is 1.51. The van der Waals surface area contributed by atoms with Crippen molar-refractivity contribution in [2.45, 2.75) is 32.0 Å². The number of carbonyl (C=O) groups is 1. The zero-order chi connectivity index (χ0) is 37.4. The van der Waals surface area contributed by atoms with E-state index in [2.05, 4.69) is 0 Å². The van der Waals surface area contributed by atoms with Crippen LogP contribution in [0, 0.1) is 0 Å². The molecule has 0 aliphatic carbocycles. The Morgan fingerprint density at radius 2 is 0.722 bits per heavy atom. The van der Waals surface area contributed by atoms with Gasteiger partial charge in [0.1, 0.15) is 11.5 Å². The van der Waals surface area contributed by atoms with Gasteiger partial charge in [0.2, 0.25) is 0 Å². The molecule has 14 heteroatoms. The van der Waals surface area contributed by atoms with Crippen LogP contribution in [0.5, 0.6) is 11.5 Å². The number of esters is 1. The van der Waals surface area contributed by atoms with Crippen molar-refractivity contribution in [1.29, 1.82) is 0 Å². The molecule has 0 radical (unpaired) electrons. The third-order valence-electron chi connectivity index (χ3n) is 9.06. The Hall–Kier alpha value is -3.67. The normalized spacial score (nSPS) is 20.7. The molecule has 294 valence electrons. The van der Waals surface area contributed by atoms with Crippen molar-refractivity contribution >= 4 is 5.97 Å². The first kappa shape index (κ1) is 40.0. The first-order chi connectivity index (χ1) is 26.6. The predicted molar refractivity (Wildman–Crippen MR) is 191 cm³/mol. The van der Waals surface area contributed by atoms with Crippen LogP contribution in [-0.4, -0.2) is 122 Å². The van der Waals surface area contributed by atoms with E-state index in [-0.39, 0.29) is 64.4 Å². The molecule has 2 N–H and O–H groups in total. The Morgan fingerprint density at radius 3 is 1.06 bits per heavy atom. The zero-order valence-corrected chi connectivity index (χ0v) is 30.6. The maximum Gasteiger partial charge on any atom is 0.340 e. The molecule has 0 atom stereocenters. The van der Waals surface area contributed by atoms with Gasteiger partial charge in [0.25, 0.3) is 0 Å². The Morgan fingerprint density at radius 1 is 0.426 bits per heavy atom. The SMILES string of the molecule is O=C1OC(c2c3cc(O)cc2COCCOCCOCCOCCOC3)(c2c3cc(O)cc2COCCOCCOCCOCCOC3)c2ccccc21. The summed E-state index contributed by atoms with van der Waals surface area (Å²) in [4.78, 5) is 14.1. The Bertz CT molecular complexity index is 1480. The van der Waals surface area contributed by atoms with Crippen LogP contribution in [0.3, 0.4) is 0 Å². The van der Waals surface area contributed by atoms with Crippen LogP contribution in [0.15, 0.2) is 48.5 Å². The fraction of sp³-hybridized carbons (Fsp3) is 0.525. The Kier molecular flexibility index (Phi) is 15.5. The van der Waals surface area contributed by atoms with E-state index in [4.69, 9.17) is 52.1 Å². The van der Waals surface area contributed by atoms with Crippen LogP contribution in [-0.2, 0) is 84.1 Å². The molecule has 6 rings (SSSR count). The molecule has 54 heavy (non-hydrogen) atoms. The van der Waals surface area contributed by atoms with Crippen LogP contribution in [0.1, 0.15) is 49.3 Å². The van der Waals surface area contributed by atoms with Gasteiger partial charge in [-0.05, 0) is 52.6 Å². The number of hydrogen-bond acceptors (Lipinski definition) is 14. The van der Waals surface area contributed by atoms with Crippen LogP contribution in [0.25, 0.3) is 0 Å². The quantitative estimate of drug-likeness (QED) is 0.365. The molecule has 0 aromatic heterocycles. The predicted octanol–water partition coefficient (Wildman–Crippen LogP) is 3.75. The molecule has 14 nitrogen and oxygen atoms in total. The first-order valence-corrected chi connectivity index (χ1v) is 18.4. The van der Waals surface area contributed by atoms with Gasteiger partial charge < -0.3 is 62.3 Å². The third kappa shape index (κ3) is 10.3. The number of cyclic esters (lactones) is 1. The molecule has 0 spiro atoms. The minimum Gasteiger partial charge on any atom is -0.508 e. The number of benzene rings is 3. The van der Waals surface area contributed by atoms with E-state index in [0.29, 0.717) is 124 Å². The number of phenols is 2. The molecule has 0 amide bonds. The molecule has 4 bridgehead atoms. The van der Waals surface area contributed by atoms with Crippen molar-refractivity contribution in [1.82, 2.24) is 0 Å². The lowest BCUT2D eigenvalue weighted by Gasteiger charge is -2.37. The highest BCUT2D eigenvalue weighted by Crippen LogP contribution is 2.53. The molecule has 3 aliphatic heterocycles. The largest absolute Gasteiger partial charge is 0.508 e. The molecule has 0 saturated heterocycles. The number of carbonyl (C=O) groups excluding carboxylic acids is 1. The number of fused-ring (bicyclic) bond motifs is 5. The summed E-state index contributed by atoms with van der Waals surface area (Å²) in [6.45, 7) is 5.69. The van der Waals surface area contributed by atoms with Gasteiger partial charge in [0.15, 0.2) is 5.60 Å². The van der Waals surface area contributed by atoms with Crippen LogP contribution >= 0.6 is 0 Å². The summed E-state index contributed by atoms with van der Waals surface area (Å²) in [6.07, 6.45) is 0. The monoisotopic (exact) mass is 754 g/mol. The highest BCUT2D eigenvalue weighted by molar-refractivity contribution is 5.96. The van der Waals surface area contributed by atoms with Crippen LogP contribution in [0.4, 0.5) is 0 Å². The highest BCUT2D eigenvalue weighted by atomic mass is 16.6. The summed E-state index contributed by atoms with van der Waals surface area (Å²) >= 11 is 0. The van der Waals surface area contributed by atoms with Gasteiger partial charge >= 0.3 is 5.97 Å². The van der Waals surface area contributed by atoms with E-state index >= 15 is 0 Å². The molecule has 0 saturated carbocycles. The molecule has 3 aliphatic rings. The summed E-state index contributed by atoms with van der Waals surface area (Å²) in [5.74, 6) is -0.570. The maximum atomic E-state index is 14.1. The van der Waals surface area contributed by atoms with Gasteiger partial charge in [0, 0.05) is 16.7 Å². The smallest absolute Gasteiger partial charge is 0.340 e. The molecule has 0 unspecified atom stereocenters. The lowest BCUT2D eigenvalue weighted by molar-refractivity contribution is -0.0168.